The number of nitrogens with zero attached hydrogens (tertiary/aromatic N) is 1. The molecule has 44 heavy (non-hydrogen) atoms. The minimum absolute atomic E-state index is 0.00367. The molecule has 0 saturated heterocycles. The molecule has 6 atom stereocenters. The molecule has 3 saturated carbocycles. The number of carbonyl (C=O) groups excluding carboxylic acids is 4. The number of rotatable bonds is 6. The van der Waals surface area contributed by atoms with E-state index in [1.807, 2.05) is 68.5 Å². The van der Waals surface area contributed by atoms with Gasteiger partial charge < -0.3 is 9.84 Å². The van der Waals surface area contributed by atoms with Gasteiger partial charge in [0.25, 0.3) is 0 Å². The Morgan fingerprint density at radius 3 is 2.41 bits per heavy atom. The number of carbonyl (C=O) groups is 4. The summed E-state index contributed by atoms with van der Waals surface area (Å²) in [4.78, 5) is 58.1. The number of ketones is 3. The Morgan fingerprint density at radius 2 is 1.70 bits per heavy atom. The molecule has 1 N–H and O–H groups in total. The molecule has 3 fully saturated rings. The zero-order valence-electron chi connectivity index (χ0n) is 24.9. The fourth-order valence-electron chi connectivity index (χ4n) is 8.89. The van der Waals surface area contributed by atoms with Gasteiger partial charge in [-0.2, -0.15) is 0 Å². The van der Waals surface area contributed by atoms with Gasteiger partial charge in [-0.3, -0.25) is 19.2 Å². The monoisotopic (exact) mass is 609 g/mol. The van der Waals surface area contributed by atoms with Crippen molar-refractivity contribution in [3.63, 3.8) is 0 Å². The van der Waals surface area contributed by atoms with Gasteiger partial charge in [0.15, 0.2) is 12.4 Å². The van der Waals surface area contributed by atoms with Gasteiger partial charge in [0.05, 0.1) is 16.8 Å². The number of Topliss-reactive ketones (excluding diaryl/α,β-unsaturated/α-hetero) is 2. The molecule has 226 valence electrons. The van der Waals surface area contributed by atoms with Gasteiger partial charge in [0.1, 0.15) is 11.4 Å². The fourth-order valence-corrected chi connectivity index (χ4v) is 9.89. The number of pyridine rings is 1. The van der Waals surface area contributed by atoms with E-state index in [1.54, 1.807) is 12.2 Å². The highest BCUT2D eigenvalue weighted by molar-refractivity contribution is 8.00. The molecule has 0 aliphatic heterocycles. The highest BCUT2D eigenvalue weighted by atomic mass is 32.2. The van der Waals surface area contributed by atoms with Gasteiger partial charge in [0, 0.05) is 38.8 Å². The summed E-state index contributed by atoms with van der Waals surface area (Å²) in [5.74, 6) is -1.41. The van der Waals surface area contributed by atoms with Crippen LogP contribution in [0.5, 0.6) is 0 Å². The third kappa shape index (κ3) is 4.32. The Labute approximate surface area is 260 Å². The summed E-state index contributed by atoms with van der Waals surface area (Å²) in [6, 6.07) is 15.5. The molecule has 0 unspecified atom stereocenters. The first-order valence-electron chi connectivity index (χ1n) is 15.3. The van der Waals surface area contributed by atoms with E-state index in [-0.39, 0.29) is 47.9 Å². The highest BCUT2D eigenvalue weighted by Crippen LogP contribution is 2.66. The number of para-hydroxylation sites is 2. The van der Waals surface area contributed by atoms with E-state index in [1.165, 1.54) is 11.8 Å². The van der Waals surface area contributed by atoms with Crippen LogP contribution in [0.2, 0.25) is 0 Å². The van der Waals surface area contributed by atoms with E-state index in [0.717, 1.165) is 45.1 Å². The molecular weight excluding hydrogens is 574 g/mol. The van der Waals surface area contributed by atoms with Crippen molar-refractivity contribution in [3.05, 3.63) is 72.3 Å². The summed E-state index contributed by atoms with van der Waals surface area (Å²) in [6.45, 7) is 3.37. The van der Waals surface area contributed by atoms with Crippen molar-refractivity contribution in [2.24, 2.45) is 28.6 Å². The minimum atomic E-state index is -1.75. The van der Waals surface area contributed by atoms with Crippen LogP contribution in [0.4, 0.5) is 0 Å². The van der Waals surface area contributed by atoms with Crippen LogP contribution in [0, 0.1) is 28.6 Å². The second-order valence-corrected chi connectivity index (χ2v) is 14.3. The largest absolute Gasteiger partial charge is 0.457 e. The lowest BCUT2D eigenvalue weighted by Crippen LogP contribution is -2.60. The molecule has 1 aromatic heterocycles. The number of hydrogen-bond acceptors (Lipinski definition) is 8. The maximum absolute atomic E-state index is 13.8. The number of allylic oxidation sites excluding steroid dienone is 4. The molecule has 0 radical (unpaired) electrons. The molecule has 7 rings (SSSR count). The SMILES string of the molecule is C[C@]12C=CC(=O)C=C1CC[C@@H]1[C@@H]2C(=O)C[C@@]2(C)[C@H]1CC[C@@]2(O)C(=O)COC(=O)CSc1c2ccccc2nc2ccccc12. The van der Waals surface area contributed by atoms with Crippen molar-refractivity contribution in [1.82, 2.24) is 4.98 Å². The first-order chi connectivity index (χ1) is 21.0. The van der Waals surface area contributed by atoms with E-state index in [4.69, 9.17) is 9.72 Å². The lowest BCUT2D eigenvalue weighted by Gasteiger charge is -2.56. The van der Waals surface area contributed by atoms with Crippen molar-refractivity contribution in [2.75, 3.05) is 12.4 Å². The second-order valence-electron chi connectivity index (χ2n) is 13.3. The average Bonchev–Trinajstić information content (AvgIpc) is 3.28. The molecule has 4 aliphatic carbocycles. The predicted molar refractivity (Wildman–Crippen MR) is 168 cm³/mol. The number of hydrogen-bond donors (Lipinski definition) is 1. The summed E-state index contributed by atoms with van der Waals surface area (Å²) < 4.78 is 5.46. The van der Waals surface area contributed by atoms with E-state index in [9.17, 15) is 24.3 Å². The number of esters is 1. The van der Waals surface area contributed by atoms with E-state index in [0.29, 0.717) is 6.42 Å². The minimum Gasteiger partial charge on any atom is -0.457 e. The van der Waals surface area contributed by atoms with Crippen LogP contribution in [0.25, 0.3) is 21.8 Å². The Hall–Kier alpha value is -3.62. The highest BCUT2D eigenvalue weighted by Gasteiger charge is 2.68. The average molecular weight is 610 g/mol. The van der Waals surface area contributed by atoms with Gasteiger partial charge in [-0.1, -0.05) is 61.9 Å². The number of aromatic nitrogens is 1. The lowest BCUT2D eigenvalue weighted by molar-refractivity contribution is -0.172. The summed E-state index contributed by atoms with van der Waals surface area (Å²) >= 11 is 1.35. The quantitative estimate of drug-likeness (QED) is 0.212. The van der Waals surface area contributed by atoms with Crippen LogP contribution in [0.1, 0.15) is 46.0 Å². The number of fused-ring (bicyclic) bond motifs is 7. The molecule has 0 spiro atoms. The van der Waals surface area contributed by atoms with Gasteiger partial charge in [-0.15, -0.1) is 11.8 Å². The van der Waals surface area contributed by atoms with Gasteiger partial charge in [-0.05, 0) is 61.8 Å². The van der Waals surface area contributed by atoms with Crippen molar-refractivity contribution in [3.8, 4) is 0 Å². The summed E-state index contributed by atoms with van der Waals surface area (Å²) in [6.07, 6.45) is 7.54. The van der Waals surface area contributed by atoms with Crippen LogP contribution < -0.4 is 0 Å². The maximum Gasteiger partial charge on any atom is 0.316 e. The number of aliphatic hydroxyl groups is 1. The molecule has 8 heteroatoms. The zero-order valence-corrected chi connectivity index (χ0v) is 25.7. The molecule has 0 bridgehead atoms. The molecule has 0 amide bonds. The van der Waals surface area contributed by atoms with Crippen molar-refractivity contribution >= 4 is 56.9 Å². The van der Waals surface area contributed by atoms with Crippen LogP contribution in [0.3, 0.4) is 0 Å². The molecule has 4 aliphatic rings. The van der Waals surface area contributed by atoms with Crippen LogP contribution in [0.15, 0.2) is 77.2 Å². The zero-order chi connectivity index (χ0) is 30.9. The molecular formula is C36H35NO6S. The van der Waals surface area contributed by atoms with Crippen molar-refractivity contribution in [2.45, 2.75) is 56.4 Å². The number of ether oxygens (including phenoxy) is 1. The van der Waals surface area contributed by atoms with E-state index in [2.05, 4.69) is 0 Å². The second kappa shape index (κ2) is 10.5. The van der Waals surface area contributed by atoms with Crippen LogP contribution >= 0.6 is 11.8 Å². The first-order valence-corrected chi connectivity index (χ1v) is 16.3. The van der Waals surface area contributed by atoms with Gasteiger partial charge in [0.2, 0.25) is 5.78 Å². The normalized spacial score (nSPS) is 32.6. The number of thioether (sulfide) groups is 1. The van der Waals surface area contributed by atoms with Crippen molar-refractivity contribution < 1.29 is 29.0 Å². The predicted octanol–water partition coefficient (Wildman–Crippen LogP) is 5.81. The molecule has 2 aromatic carbocycles. The topological polar surface area (TPSA) is 111 Å². The van der Waals surface area contributed by atoms with Crippen LogP contribution in [-0.4, -0.2) is 51.4 Å². The van der Waals surface area contributed by atoms with E-state index >= 15 is 0 Å². The summed E-state index contributed by atoms with van der Waals surface area (Å²) in [5, 5.41) is 13.8. The Kier molecular flexibility index (Phi) is 6.94. The first kappa shape index (κ1) is 29.1. The third-order valence-electron chi connectivity index (χ3n) is 11.1. The fraction of sp³-hybridized carbons (Fsp3) is 0.417. The summed E-state index contributed by atoms with van der Waals surface area (Å²) in [7, 11) is 0. The maximum atomic E-state index is 13.8. The van der Waals surface area contributed by atoms with Crippen LogP contribution in [-0.2, 0) is 23.9 Å². The van der Waals surface area contributed by atoms with Crippen molar-refractivity contribution in [1.29, 1.82) is 0 Å². The number of benzene rings is 2. The smallest absolute Gasteiger partial charge is 0.316 e. The standard InChI is InChI=1S/C36H35NO6S/c1-34-15-13-22(38)17-21(34)11-12-23-26-14-16-36(42,35(26,2)18-29(39)32(23)34)30(40)19-43-31(41)20-44-33-24-7-3-5-9-27(24)37-28-10-6-4-8-25(28)33/h3-10,13,15,17,23,26,32,42H,11-12,14,16,18-20H2,1-2H3/t23-,26-,32+,34-,35-,36+/m0/s1. The van der Waals surface area contributed by atoms with Gasteiger partial charge in [-0.25, -0.2) is 4.98 Å². The van der Waals surface area contributed by atoms with E-state index < -0.39 is 34.8 Å². The Balaban J connectivity index is 1.05. The Morgan fingerprint density at radius 1 is 1.02 bits per heavy atom. The molecule has 7 nitrogen and oxygen atoms in total. The lowest BCUT2D eigenvalue weighted by atomic mass is 9.46. The third-order valence-corrected chi connectivity index (χ3v) is 12.2. The van der Waals surface area contributed by atoms with Gasteiger partial charge >= 0.3 is 5.97 Å². The Bertz CT molecular complexity index is 1760. The summed E-state index contributed by atoms with van der Waals surface area (Å²) in [5.41, 5.74) is -0.536. The molecule has 3 aromatic rings. The molecule has 1 heterocycles.